The molecule has 5 heteroatoms. The summed E-state index contributed by atoms with van der Waals surface area (Å²) in [5.74, 6) is 0. The first-order valence-electron chi connectivity index (χ1n) is 10.6. The van der Waals surface area contributed by atoms with Crippen LogP contribution in [0.4, 0.5) is 0 Å². The molecule has 1 saturated carbocycles. The normalized spacial score (nSPS) is 15.3. The molecule has 2 rings (SSSR count). The molecule has 0 atom stereocenters. The molecule has 1 N–H and O–H groups in total. The Morgan fingerprint density at radius 1 is 0.885 bits per heavy atom. The van der Waals surface area contributed by atoms with E-state index in [-0.39, 0.29) is 6.04 Å². The van der Waals surface area contributed by atoms with Gasteiger partial charge in [-0.3, -0.25) is 0 Å². The third kappa shape index (κ3) is 6.23. The van der Waals surface area contributed by atoms with Crippen molar-refractivity contribution in [1.29, 1.82) is 0 Å². The van der Waals surface area contributed by atoms with E-state index in [9.17, 15) is 8.42 Å². The van der Waals surface area contributed by atoms with Gasteiger partial charge in [0.15, 0.2) is 0 Å². The van der Waals surface area contributed by atoms with E-state index in [2.05, 4.69) is 37.6 Å². The van der Waals surface area contributed by atoms with Crippen molar-refractivity contribution in [3.63, 3.8) is 0 Å². The number of unbranched alkanes of at least 4 members (excludes halogenated alkanes) is 3. The van der Waals surface area contributed by atoms with Crippen molar-refractivity contribution >= 4 is 32.0 Å². The van der Waals surface area contributed by atoms with Crippen molar-refractivity contribution in [2.75, 3.05) is 0 Å². The molecule has 0 bridgehead atoms. The number of sulfonamides is 1. The van der Waals surface area contributed by atoms with Crippen LogP contribution >= 0.6 is 0 Å². The first kappa shape index (κ1) is 22.2. The molecule has 0 aromatic heterocycles. The van der Waals surface area contributed by atoms with Crippen LogP contribution in [0, 0.1) is 0 Å². The Morgan fingerprint density at radius 3 is 1.73 bits per heavy atom. The Morgan fingerprint density at radius 2 is 1.35 bits per heavy atom. The molecule has 26 heavy (non-hydrogen) atoms. The maximum atomic E-state index is 12.5. The molecule has 1 aliphatic rings. The molecule has 3 nitrogen and oxygen atoms in total. The molecule has 0 amide bonds. The van der Waals surface area contributed by atoms with E-state index in [1.54, 1.807) is 3.58 Å². The number of benzene rings is 1. The third-order valence-electron chi connectivity index (χ3n) is 5.70. The van der Waals surface area contributed by atoms with E-state index >= 15 is 0 Å². The van der Waals surface area contributed by atoms with Gasteiger partial charge in [0, 0.05) is 0 Å². The average Bonchev–Trinajstić information content (AvgIpc) is 3.45. The minimum atomic E-state index is -3.34. The molecule has 1 fully saturated rings. The molecular formula is C21H37NO2SSn. The molecule has 1 aromatic carbocycles. The van der Waals surface area contributed by atoms with E-state index in [1.807, 2.05) is 12.1 Å². The van der Waals surface area contributed by atoms with Gasteiger partial charge in [0.1, 0.15) is 0 Å². The van der Waals surface area contributed by atoms with Crippen LogP contribution in [0.5, 0.6) is 0 Å². The standard InChI is InChI=1S/C9H10NO2S.3C4H9.Sn/c11-13(12,10-8-6-7-8)9-4-2-1-3-5-9;3*1-3-4-2;/h2-5,8,10H,6-7H2;3*1,3-4H2,2H3;. The summed E-state index contributed by atoms with van der Waals surface area (Å²) in [6, 6.07) is 8.26. The number of hydrogen-bond acceptors (Lipinski definition) is 2. The minimum absolute atomic E-state index is 0.164. The van der Waals surface area contributed by atoms with Crippen LogP contribution in [0.25, 0.3) is 0 Å². The van der Waals surface area contributed by atoms with E-state index in [1.165, 1.54) is 51.8 Å². The fourth-order valence-electron chi connectivity index (χ4n) is 3.83. The summed E-state index contributed by atoms with van der Waals surface area (Å²) < 4.78 is 33.5. The molecule has 0 aliphatic heterocycles. The van der Waals surface area contributed by atoms with Gasteiger partial charge in [-0.15, -0.1) is 0 Å². The van der Waals surface area contributed by atoms with Gasteiger partial charge in [-0.25, -0.2) is 0 Å². The summed E-state index contributed by atoms with van der Waals surface area (Å²) in [5.41, 5.74) is 0. The number of nitrogens with one attached hydrogen (secondary N) is 1. The zero-order valence-electron chi connectivity index (χ0n) is 16.9. The first-order valence-corrected chi connectivity index (χ1v) is 19.6. The van der Waals surface area contributed by atoms with Crippen LogP contribution in [-0.4, -0.2) is 32.8 Å². The fraction of sp³-hybridized carbons (Fsp3) is 0.714. The predicted molar refractivity (Wildman–Crippen MR) is 114 cm³/mol. The second-order valence-electron chi connectivity index (χ2n) is 8.01. The Labute approximate surface area is 165 Å². The molecule has 0 spiro atoms. The predicted octanol–water partition coefficient (Wildman–Crippen LogP) is 5.18. The molecule has 1 aromatic rings. The van der Waals surface area contributed by atoms with Crippen LogP contribution in [0.1, 0.15) is 72.1 Å². The summed E-state index contributed by atoms with van der Waals surface area (Å²) >= 11 is -2.45. The van der Waals surface area contributed by atoms with Crippen LogP contribution in [0.2, 0.25) is 13.3 Å². The molecule has 0 heterocycles. The van der Waals surface area contributed by atoms with Crippen LogP contribution in [0.3, 0.4) is 0 Å². The molecule has 148 valence electrons. The van der Waals surface area contributed by atoms with E-state index in [4.69, 9.17) is 0 Å². The Balaban J connectivity index is 2.26. The van der Waals surface area contributed by atoms with Crippen molar-refractivity contribution in [1.82, 2.24) is 4.72 Å². The summed E-state index contributed by atoms with van der Waals surface area (Å²) in [5, 5.41) is 0. The molecule has 0 saturated heterocycles. The molecular weight excluding hydrogens is 449 g/mol. The topological polar surface area (TPSA) is 46.2 Å². The van der Waals surface area contributed by atoms with Gasteiger partial charge >= 0.3 is 166 Å². The quantitative estimate of drug-likeness (QED) is 0.391. The van der Waals surface area contributed by atoms with Crippen molar-refractivity contribution in [2.45, 2.75) is 96.4 Å². The summed E-state index contributed by atoms with van der Waals surface area (Å²) in [6.07, 6.45) is 9.70. The van der Waals surface area contributed by atoms with Crippen LogP contribution < -0.4 is 8.30 Å². The second-order valence-corrected chi connectivity index (χ2v) is 23.0. The van der Waals surface area contributed by atoms with Gasteiger partial charge in [0.2, 0.25) is 0 Å². The Bertz CT molecular complexity index is 617. The SMILES string of the molecule is CCC[CH2][Sn]([CH2]CCC)([CH2]CCC)[c]1ccc(S(=O)(=O)NC2CC2)cc1. The van der Waals surface area contributed by atoms with Crippen molar-refractivity contribution < 1.29 is 8.42 Å². The van der Waals surface area contributed by atoms with E-state index in [0.717, 1.165) is 12.8 Å². The van der Waals surface area contributed by atoms with Gasteiger partial charge in [0.05, 0.1) is 0 Å². The van der Waals surface area contributed by atoms with Crippen molar-refractivity contribution in [3.05, 3.63) is 24.3 Å². The summed E-state index contributed by atoms with van der Waals surface area (Å²) in [7, 11) is -3.34. The Kier molecular flexibility index (Phi) is 8.95. The number of hydrogen-bond donors (Lipinski definition) is 1. The van der Waals surface area contributed by atoms with Gasteiger partial charge < -0.3 is 0 Å². The molecule has 0 unspecified atom stereocenters. The first-order chi connectivity index (χ1) is 12.5. The fourth-order valence-corrected chi connectivity index (χ4v) is 21.1. The summed E-state index contributed by atoms with van der Waals surface area (Å²) in [6.45, 7) is 6.86. The van der Waals surface area contributed by atoms with Gasteiger partial charge in [0.25, 0.3) is 0 Å². The number of rotatable bonds is 13. The monoisotopic (exact) mass is 487 g/mol. The van der Waals surface area contributed by atoms with Gasteiger partial charge in [-0.1, -0.05) is 0 Å². The molecule has 1 aliphatic carbocycles. The third-order valence-corrected chi connectivity index (χ3v) is 22.9. The van der Waals surface area contributed by atoms with Gasteiger partial charge in [-0.2, -0.15) is 0 Å². The average molecular weight is 486 g/mol. The Hall–Kier alpha value is -0.0713. The van der Waals surface area contributed by atoms with Gasteiger partial charge in [-0.05, 0) is 0 Å². The zero-order chi connectivity index (χ0) is 19.0. The van der Waals surface area contributed by atoms with Crippen molar-refractivity contribution in [2.24, 2.45) is 0 Å². The molecule has 0 radical (unpaired) electrons. The van der Waals surface area contributed by atoms with Crippen LogP contribution in [-0.2, 0) is 10.0 Å². The summed E-state index contributed by atoms with van der Waals surface area (Å²) in [4.78, 5) is 0.440. The van der Waals surface area contributed by atoms with E-state index in [0.29, 0.717) is 4.90 Å². The maximum absolute atomic E-state index is 12.5. The zero-order valence-corrected chi connectivity index (χ0v) is 20.6. The van der Waals surface area contributed by atoms with E-state index < -0.39 is 28.4 Å². The van der Waals surface area contributed by atoms with Crippen LogP contribution in [0.15, 0.2) is 29.2 Å². The van der Waals surface area contributed by atoms with Crippen molar-refractivity contribution in [3.8, 4) is 0 Å². The second kappa shape index (κ2) is 10.5.